The Hall–Kier alpha value is -2.32. The zero-order chi connectivity index (χ0) is 24.1. The molecule has 0 aliphatic carbocycles. The summed E-state index contributed by atoms with van der Waals surface area (Å²) < 4.78 is 22.6. The average molecular weight is 498 g/mol. The van der Waals surface area contributed by atoms with Gasteiger partial charge in [0.1, 0.15) is 32.6 Å². The fourth-order valence-corrected chi connectivity index (χ4v) is 6.14. The van der Waals surface area contributed by atoms with Crippen molar-refractivity contribution in [2.45, 2.75) is 67.9 Å². The molecule has 1 unspecified atom stereocenters. The van der Waals surface area contributed by atoms with Crippen molar-refractivity contribution in [3.63, 3.8) is 0 Å². The number of carbonyl (C=O) groups is 1. The number of aliphatic hydroxyl groups is 1. The molecule has 0 spiro atoms. The number of rotatable bonds is 10. The number of Topliss-reactive ketones (excluding diaryl/α,β-unsaturated/α-hetero) is 1. The number of nitrogens with one attached hydrogen (secondary N) is 1. The Morgan fingerprint density at radius 1 is 1.09 bits per heavy atom. The van der Waals surface area contributed by atoms with Gasteiger partial charge in [0.05, 0.1) is 6.04 Å². The van der Waals surface area contributed by atoms with E-state index >= 15 is 0 Å². The molecule has 4 rings (SSSR count). The molecule has 0 bridgehead atoms. The molecule has 1 aliphatic heterocycles. The van der Waals surface area contributed by atoms with Crippen LogP contribution in [0.25, 0.3) is 0 Å². The maximum Gasteiger partial charge on any atom is 0.162 e. The molecule has 0 fully saturated rings. The molecule has 0 saturated carbocycles. The van der Waals surface area contributed by atoms with Crippen molar-refractivity contribution < 1.29 is 18.8 Å². The van der Waals surface area contributed by atoms with Crippen LogP contribution in [0.3, 0.4) is 0 Å². The highest BCUT2D eigenvalue weighted by Crippen LogP contribution is 2.41. The number of aliphatic hydroxyl groups excluding tert-OH is 1. The fraction of sp³-hybridized carbons (Fsp3) is 0.370. The summed E-state index contributed by atoms with van der Waals surface area (Å²) >= 11 is 1.39. The van der Waals surface area contributed by atoms with Gasteiger partial charge in [-0.2, -0.15) is 0 Å². The second-order valence-electron chi connectivity index (χ2n) is 9.17. The van der Waals surface area contributed by atoms with Crippen LogP contribution in [0.2, 0.25) is 0 Å². The van der Waals surface area contributed by atoms with E-state index in [2.05, 4.69) is 29.0 Å². The highest BCUT2D eigenvalue weighted by molar-refractivity contribution is 7.85. The highest BCUT2D eigenvalue weighted by atomic mass is 32.2. The summed E-state index contributed by atoms with van der Waals surface area (Å²) in [7, 11) is -1.48. The predicted octanol–water partition coefficient (Wildman–Crippen LogP) is 5.62. The van der Waals surface area contributed by atoms with Gasteiger partial charge in [0.2, 0.25) is 0 Å². The first kappa shape index (κ1) is 24.8. The van der Waals surface area contributed by atoms with E-state index < -0.39 is 28.7 Å². The maximum atomic E-state index is 12.9. The third kappa shape index (κ3) is 5.84. The van der Waals surface area contributed by atoms with Gasteiger partial charge in [-0.25, -0.2) is 8.93 Å². The molecule has 0 radical (unpaired) electrons. The third-order valence-corrected chi connectivity index (χ3v) is 8.57. The number of carbonyl (C=O) groups excluding carboxylic acids is 1. The molecule has 1 aromatic heterocycles. The number of thiophene rings is 1. The molecule has 5 nitrogen and oxygen atoms in total. The van der Waals surface area contributed by atoms with Crippen LogP contribution in [0.4, 0.5) is 0 Å². The van der Waals surface area contributed by atoms with Crippen molar-refractivity contribution in [1.82, 2.24) is 4.72 Å². The Morgan fingerprint density at radius 3 is 2.62 bits per heavy atom. The van der Waals surface area contributed by atoms with Gasteiger partial charge < -0.3 is 9.84 Å². The normalized spacial score (nSPS) is 19.7. The van der Waals surface area contributed by atoms with Gasteiger partial charge >= 0.3 is 0 Å². The number of benzene rings is 2. The van der Waals surface area contributed by atoms with Crippen LogP contribution in [0.15, 0.2) is 70.3 Å². The van der Waals surface area contributed by atoms with E-state index in [-0.39, 0.29) is 5.78 Å². The van der Waals surface area contributed by atoms with Crippen molar-refractivity contribution in [3.05, 3.63) is 82.7 Å². The zero-order valence-corrected chi connectivity index (χ0v) is 21.2. The first-order valence-corrected chi connectivity index (χ1v) is 13.7. The molecule has 0 amide bonds. The van der Waals surface area contributed by atoms with Gasteiger partial charge in [0.15, 0.2) is 5.78 Å². The van der Waals surface area contributed by atoms with E-state index in [0.29, 0.717) is 27.5 Å². The van der Waals surface area contributed by atoms with Crippen LogP contribution in [0.1, 0.15) is 67.1 Å². The third-order valence-electron chi connectivity index (χ3n) is 6.19. The molecule has 3 aromatic rings. The van der Waals surface area contributed by atoms with Crippen LogP contribution < -0.4 is 9.46 Å². The molecule has 2 aromatic carbocycles. The van der Waals surface area contributed by atoms with E-state index in [9.17, 15) is 14.1 Å². The summed E-state index contributed by atoms with van der Waals surface area (Å²) in [6.07, 6.45) is 3.43. The standard InChI is InChI=1S/C27H31NO4S2/c1-27(2)26(30)25(28-34(31)24-14-9-17-33-24)21-18-20(15-16-23(21)32-27)22(29)13-8-4-7-12-19-10-5-3-6-11-19/h3,5-6,9-11,14-18,25-26,28,30H,4,7-8,12-13H2,1-2H3/t25-,26+,34?/m1/s1. The summed E-state index contributed by atoms with van der Waals surface area (Å²) in [5, 5.41) is 12.9. The van der Waals surface area contributed by atoms with Crippen LogP contribution in [-0.4, -0.2) is 26.8 Å². The molecular formula is C27H31NO4S2. The molecule has 2 heterocycles. The summed E-state index contributed by atoms with van der Waals surface area (Å²) in [4.78, 5) is 12.9. The van der Waals surface area contributed by atoms with Crippen LogP contribution in [0.5, 0.6) is 5.75 Å². The SMILES string of the molecule is CC1(C)Oc2ccc(C(=O)CCCCCc3ccccc3)cc2[C@@H](NS(=O)c2cccs2)[C@@H]1O. The number of unbranched alkanes of at least 4 members (excludes halogenated alkanes) is 2. The van der Waals surface area contributed by atoms with E-state index in [1.807, 2.05) is 17.5 Å². The zero-order valence-electron chi connectivity index (χ0n) is 19.5. The lowest BCUT2D eigenvalue weighted by molar-refractivity contribution is -0.0601. The van der Waals surface area contributed by atoms with Gasteiger partial charge in [-0.3, -0.25) is 4.79 Å². The number of ketones is 1. The summed E-state index contributed by atoms with van der Waals surface area (Å²) in [5.74, 6) is 0.662. The van der Waals surface area contributed by atoms with E-state index in [0.717, 1.165) is 25.7 Å². The summed E-state index contributed by atoms with van der Waals surface area (Å²) in [6.45, 7) is 3.61. The van der Waals surface area contributed by atoms with Crippen LogP contribution in [0, 0.1) is 0 Å². The fourth-order valence-electron chi connectivity index (χ4n) is 4.22. The van der Waals surface area contributed by atoms with E-state index in [1.165, 1.54) is 16.9 Å². The summed E-state index contributed by atoms with van der Waals surface area (Å²) in [5.41, 5.74) is 1.70. The molecule has 34 heavy (non-hydrogen) atoms. The Kier molecular flexibility index (Phi) is 7.99. The predicted molar refractivity (Wildman–Crippen MR) is 137 cm³/mol. The number of hydrogen-bond donors (Lipinski definition) is 2. The van der Waals surface area contributed by atoms with Crippen molar-refractivity contribution in [3.8, 4) is 5.75 Å². The second-order valence-corrected chi connectivity index (χ2v) is 11.6. The Morgan fingerprint density at radius 2 is 1.88 bits per heavy atom. The topological polar surface area (TPSA) is 75.6 Å². The van der Waals surface area contributed by atoms with Gasteiger partial charge in [0.25, 0.3) is 0 Å². The lowest BCUT2D eigenvalue weighted by Gasteiger charge is -2.42. The maximum absolute atomic E-state index is 12.9. The van der Waals surface area contributed by atoms with Crippen LogP contribution >= 0.6 is 11.3 Å². The Bertz CT molecular complexity index is 1130. The van der Waals surface area contributed by atoms with E-state index in [1.54, 1.807) is 38.1 Å². The van der Waals surface area contributed by atoms with Crippen molar-refractivity contribution in [1.29, 1.82) is 0 Å². The molecular weight excluding hydrogens is 466 g/mol. The Labute approximate surface area is 207 Å². The van der Waals surface area contributed by atoms with Gasteiger partial charge in [-0.05, 0) is 68.3 Å². The number of ether oxygens (including phenoxy) is 1. The molecule has 180 valence electrons. The number of fused-ring (bicyclic) bond motifs is 1. The number of hydrogen-bond acceptors (Lipinski definition) is 5. The van der Waals surface area contributed by atoms with E-state index in [4.69, 9.17) is 4.74 Å². The second kappa shape index (κ2) is 11.0. The molecule has 1 aliphatic rings. The molecule has 0 saturated heterocycles. The monoisotopic (exact) mass is 497 g/mol. The van der Waals surface area contributed by atoms with Gasteiger partial charge in [-0.1, -0.05) is 42.8 Å². The highest BCUT2D eigenvalue weighted by Gasteiger charge is 2.43. The lowest BCUT2D eigenvalue weighted by Crippen LogP contribution is -2.52. The average Bonchev–Trinajstić information content (AvgIpc) is 3.37. The first-order valence-electron chi connectivity index (χ1n) is 11.6. The van der Waals surface area contributed by atoms with Crippen molar-refractivity contribution >= 4 is 28.1 Å². The minimum atomic E-state index is -1.48. The largest absolute Gasteiger partial charge is 0.485 e. The first-order chi connectivity index (χ1) is 16.3. The van der Waals surface area contributed by atoms with Gasteiger partial charge in [-0.15, -0.1) is 11.3 Å². The minimum Gasteiger partial charge on any atom is -0.485 e. The molecule has 7 heteroatoms. The summed E-state index contributed by atoms with van der Waals surface area (Å²) in [6, 6.07) is 18.7. The quantitative estimate of drug-likeness (QED) is 0.282. The lowest BCUT2D eigenvalue weighted by atomic mass is 9.86. The van der Waals surface area contributed by atoms with Gasteiger partial charge in [0, 0.05) is 17.5 Å². The molecule has 2 N–H and O–H groups in total. The Balaban J connectivity index is 1.42. The minimum absolute atomic E-state index is 0.0694. The number of aryl methyl sites for hydroxylation is 1. The molecule has 3 atom stereocenters. The van der Waals surface area contributed by atoms with Crippen molar-refractivity contribution in [2.24, 2.45) is 0 Å². The van der Waals surface area contributed by atoms with Crippen LogP contribution in [-0.2, 0) is 17.4 Å². The smallest absolute Gasteiger partial charge is 0.162 e. The van der Waals surface area contributed by atoms with Crippen molar-refractivity contribution in [2.75, 3.05) is 0 Å².